The van der Waals surface area contributed by atoms with Gasteiger partial charge in [0, 0.05) is 0 Å². The van der Waals surface area contributed by atoms with Gasteiger partial charge in [-0.1, -0.05) is 140 Å². The average molecular weight is 350 g/mol. The zero-order valence-corrected chi connectivity index (χ0v) is 16.3. The molecule has 4 rings (SSSR count). The second kappa shape index (κ2) is 9.78. The molecule has 0 saturated carbocycles. The summed E-state index contributed by atoms with van der Waals surface area (Å²) >= 11 is -1.31. The van der Waals surface area contributed by atoms with Crippen LogP contribution in [0.3, 0.4) is 0 Å². The standard InChI is InChI=1S/C7H8.3C6H5.Al/c1-7-5-3-2-4-6-7;3*1-2-4-6-5-3-1;/h2-6H,1H3;3*1-5H;. The minimum absolute atomic E-state index is 1.31. The van der Waals surface area contributed by atoms with Gasteiger partial charge in [0.05, 0.1) is 0 Å². The van der Waals surface area contributed by atoms with Gasteiger partial charge in [0.15, 0.2) is 0 Å². The molecule has 0 amide bonds. The molecule has 126 valence electrons. The second-order valence-corrected chi connectivity index (χ2v) is 9.19. The summed E-state index contributed by atoms with van der Waals surface area (Å²) in [5.74, 6) is 0. The van der Waals surface area contributed by atoms with E-state index >= 15 is 0 Å². The van der Waals surface area contributed by atoms with Crippen molar-refractivity contribution in [1.29, 1.82) is 0 Å². The van der Waals surface area contributed by atoms with Crippen LogP contribution in [0.4, 0.5) is 0 Å². The van der Waals surface area contributed by atoms with Crippen molar-refractivity contribution in [2.45, 2.75) is 6.92 Å². The minimum atomic E-state index is -1.31. The predicted molar refractivity (Wildman–Crippen MR) is 115 cm³/mol. The Hall–Kier alpha value is -2.59. The Bertz CT molecular complexity index is 778. The lowest BCUT2D eigenvalue weighted by molar-refractivity contribution is 1.48. The van der Waals surface area contributed by atoms with E-state index in [4.69, 9.17) is 0 Å². The maximum atomic E-state index is 2.26. The van der Waals surface area contributed by atoms with E-state index in [1.54, 1.807) is 0 Å². The largest absolute Gasteiger partial charge is 0.383 e. The first kappa shape index (κ1) is 18.2. The van der Waals surface area contributed by atoms with Crippen molar-refractivity contribution < 1.29 is 0 Å². The quantitative estimate of drug-likeness (QED) is 0.486. The normalized spacial score (nSPS) is 9.73. The highest BCUT2D eigenvalue weighted by molar-refractivity contribution is 6.95. The fourth-order valence-corrected chi connectivity index (χ4v) is 6.02. The molecule has 26 heavy (non-hydrogen) atoms. The van der Waals surface area contributed by atoms with Gasteiger partial charge in [-0.25, -0.2) is 0 Å². The molecule has 0 heterocycles. The van der Waals surface area contributed by atoms with Crippen LogP contribution >= 0.6 is 0 Å². The Morgan fingerprint density at radius 1 is 0.385 bits per heavy atom. The van der Waals surface area contributed by atoms with Crippen LogP contribution in [-0.4, -0.2) is 14.1 Å². The number of aryl methyl sites for hydroxylation is 1. The zero-order valence-electron chi connectivity index (χ0n) is 15.1. The molecule has 0 unspecified atom stereocenters. The first-order valence-electron chi connectivity index (χ1n) is 9.01. The molecule has 0 bridgehead atoms. The van der Waals surface area contributed by atoms with Gasteiger partial charge in [-0.3, -0.25) is 0 Å². The fourth-order valence-electron chi connectivity index (χ4n) is 3.05. The highest BCUT2D eigenvalue weighted by atomic mass is 27.2. The fraction of sp³-hybridized carbons (Fsp3) is 0.0400. The van der Waals surface area contributed by atoms with Crippen molar-refractivity contribution in [3.05, 3.63) is 127 Å². The molecule has 4 aromatic rings. The molecule has 4 aromatic carbocycles. The summed E-state index contributed by atoms with van der Waals surface area (Å²) in [6.07, 6.45) is 0. The molecule has 0 atom stereocenters. The second-order valence-electron chi connectivity index (χ2n) is 6.32. The third-order valence-corrected chi connectivity index (χ3v) is 7.49. The molecule has 0 aliphatic rings. The van der Waals surface area contributed by atoms with Crippen LogP contribution in [-0.2, 0) is 0 Å². The van der Waals surface area contributed by atoms with Crippen molar-refractivity contribution in [3.8, 4) is 0 Å². The maximum Gasteiger partial charge on any atom is 0.383 e. The van der Waals surface area contributed by atoms with Gasteiger partial charge in [-0.05, 0) is 6.92 Å². The van der Waals surface area contributed by atoms with Gasteiger partial charge in [-0.2, -0.15) is 0 Å². The molecule has 0 radical (unpaired) electrons. The van der Waals surface area contributed by atoms with Crippen LogP contribution in [0.15, 0.2) is 121 Å². The summed E-state index contributed by atoms with van der Waals surface area (Å²) in [6, 6.07) is 42.9. The first-order valence-corrected chi connectivity index (χ1v) is 10.7. The van der Waals surface area contributed by atoms with E-state index in [2.05, 4.69) is 110 Å². The Labute approximate surface area is 161 Å². The van der Waals surface area contributed by atoms with E-state index in [0.29, 0.717) is 0 Å². The number of benzene rings is 4. The van der Waals surface area contributed by atoms with Gasteiger partial charge in [0.1, 0.15) is 0 Å². The van der Waals surface area contributed by atoms with Gasteiger partial charge < -0.3 is 0 Å². The zero-order chi connectivity index (χ0) is 18.0. The highest BCUT2D eigenvalue weighted by Gasteiger charge is 2.23. The summed E-state index contributed by atoms with van der Waals surface area (Å²) in [5, 5.41) is 0. The Morgan fingerprint density at radius 3 is 0.885 bits per heavy atom. The number of rotatable bonds is 3. The monoisotopic (exact) mass is 350 g/mol. The van der Waals surface area contributed by atoms with E-state index in [0.717, 1.165) is 0 Å². The summed E-state index contributed by atoms with van der Waals surface area (Å²) in [6.45, 7) is 2.08. The molecule has 0 N–H and O–H groups in total. The van der Waals surface area contributed by atoms with Crippen molar-refractivity contribution >= 4 is 27.4 Å². The summed E-state index contributed by atoms with van der Waals surface area (Å²) < 4.78 is 4.42. The molecule has 0 aliphatic carbocycles. The average Bonchev–Trinajstić information content (AvgIpc) is 2.72. The SMILES string of the molecule is Cc1ccccc1.c1cc[c]([Al]([c]2ccccc2)[c]2ccccc2)cc1. The molecular formula is C25H23Al. The molecule has 0 saturated heterocycles. The van der Waals surface area contributed by atoms with Crippen LogP contribution in [0.2, 0.25) is 0 Å². The van der Waals surface area contributed by atoms with Gasteiger partial charge in [0.2, 0.25) is 0 Å². The van der Waals surface area contributed by atoms with E-state index in [1.165, 1.54) is 18.8 Å². The van der Waals surface area contributed by atoms with Crippen LogP contribution < -0.4 is 13.3 Å². The van der Waals surface area contributed by atoms with Crippen LogP contribution in [0.5, 0.6) is 0 Å². The summed E-state index contributed by atoms with van der Waals surface area (Å²) in [7, 11) is 0. The highest BCUT2D eigenvalue weighted by Crippen LogP contribution is 1.95. The van der Waals surface area contributed by atoms with E-state index in [-0.39, 0.29) is 0 Å². The van der Waals surface area contributed by atoms with E-state index < -0.39 is 14.1 Å². The third-order valence-electron chi connectivity index (χ3n) is 4.34. The van der Waals surface area contributed by atoms with E-state index in [9.17, 15) is 0 Å². The minimum Gasteiger partial charge on any atom is -0.0986 e. The predicted octanol–water partition coefficient (Wildman–Crippen LogP) is 4.20. The summed E-state index contributed by atoms with van der Waals surface area (Å²) in [4.78, 5) is 0. The molecule has 0 spiro atoms. The lowest BCUT2D eigenvalue weighted by Gasteiger charge is -2.13. The lowest BCUT2D eigenvalue weighted by atomic mass is 10.2. The molecule has 0 aromatic heterocycles. The third kappa shape index (κ3) is 5.20. The maximum absolute atomic E-state index is 2.26. The molecule has 0 nitrogen and oxygen atoms in total. The smallest absolute Gasteiger partial charge is 0.0986 e. The molecule has 0 fully saturated rings. The Morgan fingerprint density at radius 2 is 0.654 bits per heavy atom. The van der Waals surface area contributed by atoms with E-state index in [1.807, 2.05) is 18.2 Å². The topological polar surface area (TPSA) is 0 Å². The Kier molecular flexibility index (Phi) is 6.85. The first-order chi connectivity index (χ1) is 12.8. The van der Waals surface area contributed by atoms with Crippen molar-refractivity contribution in [1.82, 2.24) is 0 Å². The Balaban J connectivity index is 0.000000236. The molecule has 1 heteroatoms. The van der Waals surface area contributed by atoms with Crippen LogP contribution in [0, 0.1) is 6.92 Å². The van der Waals surface area contributed by atoms with Crippen molar-refractivity contribution in [2.75, 3.05) is 0 Å². The van der Waals surface area contributed by atoms with Gasteiger partial charge in [0.25, 0.3) is 0 Å². The van der Waals surface area contributed by atoms with Crippen LogP contribution in [0.1, 0.15) is 5.56 Å². The lowest BCUT2D eigenvalue weighted by Crippen LogP contribution is -2.51. The van der Waals surface area contributed by atoms with Crippen molar-refractivity contribution in [2.24, 2.45) is 0 Å². The number of hydrogen-bond donors (Lipinski definition) is 0. The van der Waals surface area contributed by atoms with Crippen molar-refractivity contribution in [3.63, 3.8) is 0 Å². The molecular weight excluding hydrogens is 327 g/mol. The summed E-state index contributed by atoms with van der Waals surface area (Å²) in [5.41, 5.74) is 1.32. The van der Waals surface area contributed by atoms with Gasteiger partial charge in [-0.15, -0.1) is 0 Å². The van der Waals surface area contributed by atoms with Crippen LogP contribution in [0.25, 0.3) is 0 Å². The number of hydrogen-bond acceptors (Lipinski definition) is 0. The van der Waals surface area contributed by atoms with Gasteiger partial charge >= 0.3 is 14.1 Å². The molecule has 0 aliphatic heterocycles.